The molecule has 0 spiro atoms. The van der Waals surface area contributed by atoms with Crippen LogP contribution in [0, 0.1) is 17.8 Å². The van der Waals surface area contributed by atoms with Gasteiger partial charge in [0.1, 0.15) is 18.5 Å². The van der Waals surface area contributed by atoms with E-state index in [0.29, 0.717) is 44.4 Å². The van der Waals surface area contributed by atoms with Crippen molar-refractivity contribution in [3.63, 3.8) is 0 Å². The van der Waals surface area contributed by atoms with Crippen molar-refractivity contribution in [2.75, 3.05) is 26.4 Å². The summed E-state index contributed by atoms with van der Waals surface area (Å²) < 4.78 is 47.7. The first kappa shape index (κ1) is 53.5. The summed E-state index contributed by atoms with van der Waals surface area (Å²) in [5.41, 5.74) is 0. The molecule has 18 heteroatoms. The van der Waals surface area contributed by atoms with Crippen molar-refractivity contribution in [3.05, 3.63) is 12.2 Å². The maximum Gasteiger partial charge on any atom is 0.472 e. The van der Waals surface area contributed by atoms with Gasteiger partial charge in [-0.1, -0.05) is 116 Å². The van der Waals surface area contributed by atoms with Crippen molar-refractivity contribution in [1.29, 1.82) is 0 Å². The second-order valence-corrected chi connectivity index (χ2v) is 18.2. The lowest BCUT2D eigenvalue weighted by atomic mass is 9.88. The van der Waals surface area contributed by atoms with Crippen molar-refractivity contribution in [1.82, 2.24) is 0 Å². The van der Waals surface area contributed by atoms with E-state index in [2.05, 4.69) is 29.8 Å². The molecule has 1 aliphatic rings. The average molecular weight is 859 g/mol. The molecule has 1 saturated carbocycles. The molecule has 0 saturated heterocycles. The van der Waals surface area contributed by atoms with Crippen molar-refractivity contribution in [3.8, 4) is 0 Å². The van der Waals surface area contributed by atoms with Gasteiger partial charge < -0.3 is 39.5 Å². The zero-order valence-corrected chi connectivity index (χ0v) is 36.1. The third-order valence-electron chi connectivity index (χ3n) is 9.73. The maximum atomic E-state index is 12.7. The first-order valence-corrected chi connectivity index (χ1v) is 23.9. The van der Waals surface area contributed by atoms with Crippen molar-refractivity contribution < 1.29 is 76.6 Å². The number of hydrogen-bond acceptors (Lipinski definition) is 13. The van der Waals surface area contributed by atoms with E-state index in [4.69, 9.17) is 23.8 Å². The smallest absolute Gasteiger partial charge is 0.462 e. The molecular weight excluding hydrogens is 786 g/mol. The maximum absolute atomic E-state index is 12.7. The Labute approximate surface area is 339 Å². The highest BCUT2D eigenvalue weighted by atomic mass is 31.2. The Balaban J connectivity index is 2.58. The summed E-state index contributed by atoms with van der Waals surface area (Å²) >= 11 is 0. The predicted molar refractivity (Wildman–Crippen MR) is 213 cm³/mol. The van der Waals surface area contributed by atoms with Crippen LogP contribution in [0.15, 0.2) is 12.2 Å². The van der Waals surface area contributed by atoms with Crippen LogP contribution in [0.3, 0.4) is 0 Å². The van der Waals surface area contributed by atoms with Gasteiger partial charge in [-0.2, -0.15) is 0 Å². The number of phosphoric ester groups is 2. The minimum absolute atomic E-state index is 0.00716. The van der Waals surface area contributed by atoms with E-state index in [0.717, 1.165) is 51.4 Å². The number of Topliss-reactive ketones (excluding diaryl/α,β-unsaturated/α-hetero) is 1. The molecule has 6 N–H and O–H groups in total. The fourth-order valence-electron chi connectivity index (χ4n) is 6.50. The number of rotatable bonds is 35. The molecule has 16 nitrogen and oxygen atoms in total. The van der Waals surface area contributed by atoms with Crippen LogP contribution >= 0.6 is 15.6 Å². The molecule has 1 aliphatic carbocycles. The van der Waals surface area contributed by atoms with E-state index in [1.165, 1.54) is 19.3 Å². The predicted octanol–water partition coefficient (Wildman–Crippen LogP) is 6.62. The van der Waals surface area contributed by atoms with E-state index in [1.54, 1.807) is 12.2 Å². The quantitative estimate of drug-likeness (QED) is 0.0170. The van der Waals surface area contributed by atoms with Gasteiger partial charge >= 0.3 is 27.6 Å². The monoisotopic (exact) mass is 858 g/mol. The molecule has 0 bridgehead atoms. The number of allylic oxidation sites excluding steroid dienone is 1. The number of hydrogen-bond donors (Lipinski definition) is 6. The molecular formula is C39H72O16P2. The minimum atomic E-state index is -4.89. The SMILES string of the molecule is CCCCC[C@H](O)/C=C/[C@H]1C(=O)C[C@H](O)[C@@H]1CCCCCCC(=O)O[C@H](COC(=O)CCCCCCCCCC(C)C)COP(=O)(O)OC[C@@H](O)COP(=O)(O)O. The second kappa shape index (κ2) is 30.5. The second-order valence-electron chi connectivity index (χ2n) is 15.5. The zero-order valence-electron chi connectivity index (χ0n) is 34.3. The first-order chi connectivity index (χ1) is 26.9. The fourth-order valence-corrected chi connectivity index (χ4v) is 7.65. The summed E-state index contributed by atoms with van der Waals surface area (Å²) in [4.78, 5) is 65.3. The number of phosphoric acid groups is 2. The Kier molecular flexibility index (Phi) is 28.6. The van der Waals surface area contributed by atoms with E-state index in [1.807, 2.05) is 0 Å². The molecule has 7 atom stereocenters. The summed E-state index contributed by atoms with van der Waals surface area (Å²) in [7, 11) is -9.76. The number of aliphatic hydroxyl groups is 3. The van der Waals surface area contributed by atoms with Crippen LogP contribution in [0.25, 0.3) is 0 Å². The Hall–Kier alpha value is -1.55. The van der Waals surface area contributed by atoms with Gasteiger partial charge in [-0.3, -0.25) is 28.0 Å². The summed E-state index contributed by atoms with van der Waals surface area (Å²) in [6.45, 7) is 3.60. The van der Waals surface area contributed by atoms with E-state index < -0.39 is 84.3 Å². The Bertz CT molecular complexity index is 1240. The lowest BCUT2D eigenvalue weighted by molar-refractivity contribution is -0.161. The van der Waals surface area contributed by atoms with Crippen LogP contribution in [0.4, 0.5) is 0 Å². The number of aliphatic hydroxyl groups excluding tert-OH is 3. The van der Waals surface area contributed by atoms with Crippen LogP contribution in [0.5, 0.6) is 0 Å². The van der Waals surface area contributed by atoms with E-state index >= 15 is 0 Å². The number of carbonyl (C=O) groups excluding carboxylic acids is 3. The molecule has 0 amide bonds. The molecule has 334 valence electrons. The van der Waals surface area contributed by atoms with Crippen molar-refractivity contribution in [2.45, 2.75) is 174 Å². The normalized spacial score (nSPS) is 20.2. The van der Waals surface area contributed by atoms with E-state index in [9.17, 15) is 43.7 Å². The van der Waals surface area contributed by atoms with Crippen LogP contribution < -0.4 is 0 Å². The topological polar surface area (TPSA) is 253 Å². The van der Waals surface area contributed by atoms with Gasteiger partial charge in [0.25, 0.3) is 0 Å². The molecule has 1 rings (SSSR count). The lowest BCUT2D eigenvalue weighted by Gasteiger charge is -2.20. The van der Waals surface area contributed by atoms with Gasteiger partial charge in [0.05, 0.1) is 32.0 Å². The highest BCUT2D eigenvalue weighted by Gasteiger charge is 2.39. The van der Waals surface area contributed by atoms with Gasteiger partial charge in [-0.25, -0.2) is 9.13 Å². The molecule has 0 aromatic rings. The summed E-state index contributed by atoms with van der Waals surface area (Å²) in [5.74, 6) is -1.20. The largest absolute Gasteiger partial charge is 0.472 e. The van der Waals surface area contributed by atoms with E-state index in [-0.39, 0.29) is 31.0 Å². The van der Waals surface area contributed by atoms with Gasteiger partial charge in [0.2, 0.25) is 0 Å². The summed E-state index contributed by atoms with van der Waals surface area (Å²) in [5, 5.41) is 30.5. The van der Waals surface area contributed by atoms with Gasteiger partial charge in [-0.05, 0) is 37.5 Å². The molecule has 1 unspecified atom stereocenters. The molecule has 0 aliphatic heterocycles. The van der Waals surface area contributed by atoms with Crippen LogP contribution in [-0.4, -0.2) is 98.6 Å². The minimum Gasteiger partial charge on any atom is -0.462 e. The van der Waals surface area contributed by atoms with Crippen LogP contribution in [0.2, 0.25) is 0 Å². The fraction of sp³-hybridized carbons (Fsp3) is 0.872. The number of ether oxygens (including phenoxy) is 2. The number of unbranched alkanes of at least 4 members (excludes halogenated alkanes) is 11. The van der Waals surface area contributed by atoms with Crippen LogP contribution in [0.1, 0.15) is 149 Å². The van der Waals surface area contributed by atoms with Gasteiger partial charge in [0, 0.05) is 25.2 Å². The van der Waals surface area contributed by atoms with Crippen molar-refractivity contribution >= 4 is 33.4 Å². The zero-order chi connectivity index (χ0) is 42.7. The highest BCUT2D eigenvalue weighted by molar-refractivity contribution is 7.47. The molecule has 1 fully saturated rings. The number of esters is 2. The van der Waals surface area contributed by atoms with Crippen molar-refractivity contribution in [2.24, 2.45) is 17.8 Å². The summed E-state index contributed by atoms with van der Waals surface area (Å²) in [6, 6.07) is 0. The Morgan fingerprint density at radius 1 is 0.754 bits per heavy atom. The van der Waals surface area contributed by atoms with Gasteiger partial charge in [-0.15, -0.1) is 0 Å². The molecule has 0 aromatic heterocycles. The molecule has 0 aromatic carbocycles. The molecule has 57 heavy (non-hydrogen) atoms. The Morgan fingerprint density at radius 2 is 1.32 bits per heavy atom. The number of carbonyl (C=O) groups is 3. The molecule has 0 radical (unpaired) electrons. The Morgan fingerprint density at radius 3 is 1.95 bits per heavy atom. The van der Waals surface area contributed by atoms with Crippen LogP contribution in [-0.2, 0) is 46.6 Å². The third-order valence-corrected chi connectivity index (χ3v) is 11.2. The van der Waals surface area contributed by atoms with Gasteiger partial charge in [0.15, 0.2) is 6.10 Å². The highest BCUT2D eigenvalue weighted by Crippen LogP contribution is 2.44. The summed E-state index contributed by atoms with van der Waals surface area (Å²) in [6.07, 6.45) is 14.4. The lowest BCUT2D eigenvalue weighted by Crippen LogP contribution is -2.30. The first-order valence-electron chi connectivity index (χ1n) is 20.8. The number of ketones is 1. The molecule has 0 heterocycles. The standard InChI is InChI=1S/C39H72O16P2/c1-4-5-13-19-31(40)23-24-35-34(36(42)25-37(35)43)20-15-11-12-17-22-39(45)55-33(29-54-57(49,50)53-27-32(41)26-52-56(46,47)48)28-51-38(44)21-16-10-8-6-7-9-14-18-30(2)3/h23-24,30-36,40-42H,4-22,25-29H2,1-3H3,(H,49,50)(H2,46,47,48)/b24-23+/t31-,32-,33+,34+,35+,36-/m0/s1. The third kappa shape index (κ3) is 28.5. The average Bonchev–Trinajstić information content (AvgIpc) is 3.41.